The average molecular weight is 340 g/mol. The van der Waals surface area contributed by atoms with E-state index in [2.05, 4.69) is 26.1 Å². The molecule has 0 saturated carbocycles. The quantitative estimate of drug-likeness (QED) is 0.847. The average Bonchev–Trinajstić information content (AvgIpc) is 2.71. The monoisotopic (exact) mass is 339 g/mol. The van der Waals surface area contributed by atoms with Crippen molar-refractivity contribution in [2.75, 3.05) is 5.73 Å². The Kier molecular flexibility index (Phi) is 3.44. The fourth-order valence-corrected chi connectivity index (χ4v) is 1.96. The van der Waals surface area contributed by atoms with Gasteiger partial charge in [-0.3, -0.25) is 0 Å². The lowest BCUT2D eigenvalue weighted by atomic mass is 10.3. The minimum absolute atomic E-state index is 0.200. The van der Waals surface area contributed by atoms with Crippen LogP contribution in [0.5, 0.6) is 10.9 Å². The molecule has 2 rings (SSSR count). The molecule has 0 atom stereocenters. The van der Waals surface area contributed by atoms with Crippen molar-refractivity contribution in [1.82, 2.24) is 10.2 Å². The third kappa shape index (κ3) is 2.91. The first-order valence-electron chi connectivity index (χ1n) is 4.50. The zero-order valence-corrected chi connectivity index (χ0v) is 10.9. The molecular formula is C9H5BrF3N3OS. The number of nitrogen functional groups attached to an aromatic ring is 1. The van der Waals surface area contributed by atoms with Crippen molar-refractivity contribution < 1.29 is 17.9 Å². The van der Waals surface area contributed by atoms with Gasteiger partial charge < -0.3 is 10.5 Å². The van der Waals surface area contributed by atoms with Crippen molar-refractivity contribution in [2.45, 2.75) is 6.18 Å². The number of ether oxygens (including phenoxy) is 1. The van der Waals surface area contributed by atoms with Crippen molar-refractivity contribution in [3.63, 3.8) is 0 Å². The Bertz CT molecular complexity index is 572. The topological polar surface area (TPSA) is 61.0 Å². The molecule has 18 heavy (non-hydrogen) atoms. The molecule has 1 aromatic heterocycles. The predicted molar refractivity (Wildman–Crippen MR) is 63.5 cm³/mol. The summed E-state index contributed by atoms with van der Waals surface area (Å²) in [5, 5.41) is 5.06. The molecular weight excluding hydrogens is 335 g/mol. The molecule has 4 nitrogen and oxygen atoms in total. The minimum atomic E-state index is -4.52. The Morgan fingerprint density at radius 2 is 2.00 bits per heavy atom. The first-order chi connectivity index (χ1) is 8.36. The maximum atomic E-state index is 12.3. The van der Waals surface area contributed by atoms with Gasteiger partial charge in [0.2, 0.25) is 5.01 Å². The summed E-state index contributed by atoms with van der Waals surface area (Å²) in [4.78, 5) is 0. The summed E-state index contributed by atoms with van der Waals surface area (Å²) in [6, 6.07) is 4.72. The lowest BCUT2D eigenvalue weighted by Gasteiger charge is -2.04. The first-order valence-corrected chi connectivity index (χ1v) is 6.11. The molecule has 96 valence electrons. The molecule has 0 amide bonds. The number of benzene rings is 1. The Morgan fingerprint density at radius 1 is 1.28 bits per heavy atom. The van der Waals surface area contributed by atoms with E-state index in [0.29, 0.717) is 21.5 Å². The Balaban J connectivity index is 2.24. The van der Waals surface area contributed by atoms with Crippen LogP contribution in [0, 0.1) is 0 Å². The standard InChI is InChI=1S/C9H5BrF3N3OS/c10-5-2-1-4(14)3-6(5)17-8-16-15-7(18-8)9(11,12)13/h1-3H,14H2. The van der Waals surface area contributed by atoms with Gasteiger partial charge in [0, 0.05) is 11.8 Å². The molecule has 0 spiro atoms. The van der Waals surface area contributed by atoms with Gasteiger partial charge in [-0.2, -0.15) is 13.2 Å². The SMILES string of the molecule is Nc1ccc(Br)c(Oc2nnc(C(F)(F)F)s2)c1. The van der Waals surface area contributed by atoms with Crippen LogP contribution in [0.3, 0.4) is 0 Å². The number of hydrogen-bond donors (Lipinski definition) is 1. The molecule has 0 saturated heterocycles. The highest BCUT2D eigenvalue weighted by molar-refractivity contribution is 9.10. The number of nitrogens with zero attached hydrogens (tertiary/aromatic N) is 2. The summed E-state index contributed by atoms with van der Waals surface area (Å²) in [7, 11) is 0. The van der Waals surface area contributed by atoms with Crippen LogP contribution >= 0.6 is 27.3 Å². The zero-order chi connectivity index (χ0) is 13.3. The molecule has 9 heteroatoms. The molecule has 0 radical (unpaired) electrons. The second-order valence-corrected chi connectivity index (χ2v) is 4.96. The van der Waals surface area contributed by atoms with E-state index in [0.717, 1.165) is 0 Å². The molecule has 1 heterocycles. The maximum Gasteiger partial charge on any atom is 0.445 e. The highest BCUT2D eigenvalue weighted by Gasteiger charge is 2.36. The molecule has 0 bridgehead atoms. The predicted octanol–water partition coefficient (Wildman–Crippen LogP) is 3.69. The van der Waals surface area contributed by atoms with Crippen LogP contribution in [-0.4, -0.2) is 10.2 Å². The van der Waals surface area contributed by atoms with Crippen molar-refractivity contribution in [2.24, 2.45) is 0 Å². The lowest BCUT2D eigenvalue weighted by Crippen LogP contribution is -2.03. The van der Waals surface area contributed by atoms with Crippen LogP contribution < -0.4 is 10.5 Å². The van der Waals surface area contributed by atoms with Crippen LogP contribution in [0.4, 0.5) is 18.9 Å². The summed E-state index contributed by atoms with van der Waals surface area (Å²) in [5.74, 6) is 0.278. The zero-order valence-electron chi connectivity index (χ0n) is 8.53. The molecule has 0 unspecified atom stereocenters. The van der Waals surface area contributed by atoms with E-state index in [1.807, 2.05) is 0 Å². The maximum absolute atomic E-state index is 12.3. The van der Waals surface area contributed by atoms with Crippen LogP contribution in [0.2, 0.25) is 0 Å². The van der Waals surface area contributed by atoms with E-state index < -0.39 is 11.2 Å². The van der Waals surface area contributed by atoms with Crippen LogP contribution in [-0.2, 0) is 6.18 Å². The van der Waals surface area contributed by atoms with Gasteiger partial charge in [-0.05, 0) is 28.1 Å². The number of anilines is 1. The van der Waals surface area contributed by atoms with E-state index in [-0.39, 0.29) is 10.9 Å². The van der Waals surface area contributed by atoms with Gasteiger partial charge in [-0.1, -0.05) is 16.4 Å². The lowest BCUT2D eigenvalue weighted by molar-refractivity contribution is -0.138. The minimum Gasteiger partial charge on any atom is -0.429 e. The number of hydrogen-bond acceptors (Lipinski definition) is 5. The van der Waals surface area contributed by atoms with Gasteiger partial charge in [0.25, 0.3) is 5.19 Å². The Labute approximate surface area is 112 Å². The molecule has 0 aliphatic heterocycles. The Hall–Kier alpha value is -1.35. The second-order valence-electron chi connectivity index (χ2n) is 3.16. The molecule has 0 aliphatic carbocycles. The summed E-state index contributed by atoms with van der Waals surface area (Å²) in [6.07, 6.45) is -4.52. The van der Waals surface area contributed by atoms with Crippen LogP contribution in [0.15, 0.2) is 22.7 Å². The van der Waals surface area contributed by atoms with Crippen LogP contribution in [0.25, 0.3) is 0 Å². The molecule has 2 N–H and O–H groups in total. The molecule has 0 fully saturated rings. The van der Waals surface area contributed by atoms with E-state index in [1.165, 1.54) is 6.07 Å². The van der Waals surface area contributed by atoms with Crippen molar-refractivity contribution in [3.8, 4) is 10.9 Å². The summed E-state index contributed by atoms with van der Waals surface area (Å²) < 4.78 is 42.7. The normalized spacial score (nSPS) is 11.6. The second kappa shape index (κ2) is 4.73. The summed E-state index contributed by atoms with van der Waals surface area (Å²) in [5.41, 5.74) is 5.97. The van der Waals surface area contributed by atoms with E-state index >= 15 is 0 Å². The van der Waals surface area contributed by atoms with Crippen molar-refractivity contribution >= 4 is 33.0 Å². The number of aromatic nitrogens is 2. The third-order valence-corrected chi connectivity index (χ3v) is 3.30. The van der Waals surface area contributed by atoms with Gasteiger partial charge >= 0.3 is 6.18 Å². The molecule has 1 aromatic carbocycles. The van der Waals surface area contributed by atoms with Crippen molar-refractivity contribution in [3.05, 3.63) is 27.7 Å². The summed E-state index contributed by atoms with van der Waals surface area (Å²) >= 11 is 3.51. The number of rotatable bonds is 2. The van der Waals surface area contributed by atoms with Crippen LogP contribution in [0.1, 0.15) is 5.01 Å². The molecule has 2 aromatic rings. The third-order valence-electron chi connectivity index (χ3n) is 1.80. The highest BCUT2D eigenvalue weighted by Crippen LogP contribution is 2.37. The van der Waals surface area contributed by atoms with E-state index in [1.54, 1.807) is 12.1 Å². The largest absolute Gasteiger partial charge is 0.445 e. The smallest absolute Gasteiger partial charge is 0.429 e. The first kappa shape index (κ1) is 13.1. The number of alkyl halides is 3. The fourth-order valence-electron chi connectivity index (χ4n) is 1.06. The van der Waals surface area contributed by atoms with E-state index in [4.69, 9.17) is 10.5 Å². The van der Waals surface area contributed by atoms with Gasteiger partial charge in [-0.25, -0.2) is 0 Å². The van der Waals surface area contributed by atoms with Gasteiger partial charge in [0.05, 0.1) is 4.47 Å². The highest BCUT2D eigenvalue weighted by atomic mass is 79.9. The number of halogens is 4. The number of nitrogens with two attached hydrogens (primary N) is 1. The summed E-state index contributed by atoms with van der Waals surface area (Å²) in [6.45, 7) is 0. The van der Waals surface area contributed by atoms with E-state index in [9.17, 15) is 13.2 Å². The van der Waals surface area contributed by atoms with Gasteiger partial charge in [0.1, 0.15) is 5.75 Å². The van der Waals surface area contributed by atoms with Gasteiger partial charge in [0.15, 0.2) is 0 Å². The fraction of sp³-hybridized carbons (Fsp3) is 0.111. The Morgan fingerprint density at radius 3 is 2.61 bits per heavy atom. The van der Waals surface area contributed by atoms with Crippen molar-refractivity contribution in [1.29, 1.82) is 0 Å². The molecule has 0 aliphatic rings. The van der Waals surface area contributed by atoms with Gasteiger partial charge in [-0.15, -0.1) is 5.10 Å².